The second-order valence-corrected chi connectivity index (χ2v) is 4.55. The third-order valence-electron chi connectivity index (χ3n) is 3.10. The number of aliphatic hydroxyl groups excluding tert-OH is 1. The van der Waals surface area contributed by atoms with E-state index in [0.29, 0.717) is 0 Å². The number of hydrogen-bond donors (Lipinski definition) is 3. The molecule has 1 aromatic carbocycles. The first-order chi connectivity index (χ1) is 9.49. The number of phenols is 1. The van der Waals surface area contributed by atoms with Crippen LogP contribution in [0.5, 0.6) is 11.5 Å². The third-order valence-corrected chi connectivity index (χ3v) is 3.10. The number of hydrogen-bond acceptors (Lipinski definition) is 5. The van der Waals surface area contributed by atoms with Crippen LogP contribution >= 0.6 is 0 Å². The van der Waals surface area contributed by atoms with Crippen molar-refractivity contribution in [3.63, 3.8) is 0 Å². The normalized spacial score (nSPS) is 21.8. The molecule has 1 aliphatic rings. The second kappa shape index (κ2) is 5.79. The van der Waals surface area contributed by atoms with Crippen molar-refractivity contribution in [3.05, 3.63) is 24.3 Å². The number of likely N-dealkylation sites (tertiary alicyclic amines) is 1. The molecule has 1 saturated heterocycles. The molecule has 7 heteroatoms. The summed E-state index contributed by atoms with van der Waals surface area (Å²) in [5, 5.41) is 27.9. The number of carbonyl (C=O) groups excluding carboxylic acids is 1. The highest BCUT2D eigenvalue weighted by Crippen LogP contribution is 2.25. The molecule has 7 nitrogen and oxygen atoms in total. The fourth-order valence-electron chi connectivity index (χ4n) is 2.13. The molecule has 0 aromatic heterocycles. The van der Waals surface area contributed by atoms with Crippen molar-refractivity contribution in [3.8, 4) is 11.5 Å². The maximum Gasteiger partial charge on any atom is 0.326 e. The van der Waals surface area contributed by atoms with Crippen LogP contribution in [0.4, 0.5) is 0 Å². The lowest BCUT2D eigenvalue weighted by Gasteiger charge is -2.21. The molecule has 1 heterocycles. The number of carboxylic acid groups (broad SMARTS) is 1. The number of nitrogens with zero attached hydrogens (tertiary/aromatic N) is 1. The van der Waals surface area contributed by atoms with Crippen LogP contribution in [0.15, 0.2) is 24.3 Å². The van der Waals surface area contributed by atoms with Gasteiger partial charge >= 0.3 is 5.97 Å². The summed E-state index contributed by atoms with van der Waals surface area (Å²) >= 11 is 0. The Hall–Kier alpha value is -2.28. The second-order valence-electron chi connectivity index (χ2n) is 4.55. The van der Waals surface area contributed by atoms with E-state index in [4.69, 9.17) is 9.84 Å². The minimum atomic E-state index is -1.16. The summed E-state index contributed by atoms with van der Waals surface area (Å²) in [6.07, 6.45) is -0.831. The van der Waals surface area contributed by atoms with Crippen molar-refractivity contribution in [2.45, 2.75) is 18.6 Å². The van der Waals surface area contributed by atoms with Crippen LogP contribution in [-0.4, -0.2) is 57.4 Å². The zero-order valence-corrected chi connectivity index (χ0v) is 10.6. The van der Waals surface area contributed by atoms with E-state index in [2.05, 4.69) is 0 Å². The average molecular weight is 281 g/mol. The number of para-hydroxylation sites is 2. The van der Waals surface area contributed by atoms with Crippen LogP contribution in [0.25, 0.3) is 0 Å². The molecule has 2 unspecified atom stereocenters. The fraction of sp³-hybridized carbons (Fsp3) is 0.385. The van der Waals surface area contributed by atoms with Crippen molar-refractivity contribution >= 4 is 11.9 Å². The van der Waals surface area contributed by atoms with Crippen LogP contribution in [0.1, 0.15) is 6.42 Å². The van der Waals surface area contributed by atoms with E-state index in [1.54, 1.807) is 12.1 Å². The molecule has 20 heavy (non-hydrogen) atoms. The standard InChI is InChI=1S/C13H15NO6/c15-8-5-9(13(18)19)14(6-8)12(17)7-20-11-4-2-1-3-10(11)16/h1-4,8-9,15-16H,5-7H2,(H,18,19). The first-order valence-electron chi connectivity index (χ1n) is 6.10. The molecule has 2 atom stereocenters. The number of rotatable bonds is 4. The number of aromatic hydroxyl groups is 1. The number of ether oxygens (including phenoxy) is 1. The lowest BCUT2D eigenvalue weighted by molar-refractivity contribution is -0.149. The van der Waals surface area contributed by atoms with Crippen molar-refractivity contribution in [2.75, 3.05) is 13.2 Å². The fourth-order valence-corrected chi connectivity index (χ4v) is 2.13. The number of carboxylic acids is 1. The van der Waals surface area contributed by atoms with Gasteiger partial charge in [-0.25, -0.2) is 4.79 Å². The van der Waals surface area contributed by atoms with E-state index in [1.807, 2.05) is 0 Å². The van der Waals surface area contributed by atoms with E-state index in [1.165, 1.54) is 12.1 Å². The van der Waals surface area contributed by atoms with Crippen LogP contribution < -0.4 is 4.74 Å². The SMILES string of the molecule is O=C(O)C1CC(O)CN1C(=O)COc1ccccc1O. The molecule has 2 rings (SSSR count). The summed E-state index contributed by atoms with van der Waals surface area (Å²) in [5.74, 6) is -1.65. The maximum absolute atomic E-state index is 11.9. The smallest absolute Gasteiger partial charge is 0.326 e. The molecule has 0 radical (unpaired) electrons. The lowest BCUT2D eigenvalue weighted by Crippen LogP contribution is -2.42. The Kier molecular flexibility index (Phi) is 4.09. The molecule has 0 aliphatic carbocycles. The third kappa shape index (κ3) is 3.00. The molecule has 0 bridgehead atoms. The van der Waals surface area contributed by atoms with Crippen LogP contribution in [0.2, 0.25) is 0 Å². The van der Waals surface area contributed by atoms with Crippen molar-refractivity contribution in [1.82, 2.24) is 4.90 Å². The number of aliphatic carboxylic acids is 1. The largest absolute Gasteiger partial charge is 0.504 e. The summed E-state index contributed by atoms with van der Waals surface area (Å²) in [5.41, 5.74) is 0. The van der Waals surface area contributed by atoms with Crippen molar-refractivity contribution < 1.29 is 29.6 Å². The average Bonchev–Trinajstić information content (AvgIpc) is 2.80. The van der Waals surface area contributed by atoms with Crippen LogP contribution in [-0.2, 0) is 9.59 Å². The highest BCUT2D eigenvalue weighted by molar-refractivity contribution is 5.85. The van der Waals surface area contributed by atoms with Crippen LogP contribution in [0, 0.1) is 0 Å². The molecule has 1 fully saturated rings. The first-order valence-corrected chi connectivity index (χ1v) is 6.10. The minimum absolute atomic E-state index is 0.0116. The number of phenolic OH excluding ortho intramolecular Hbond substituents is 1. The highest BCUT2D eigenvalue weighted by atomic mass is 16.5. The molecule has 1 aromatic rings. The van der Waals surface area contributed by atoms with Gasteiger partial charge in [-0.15, -0.1) is 0 Å². The Balaban J connectivity index is 1.98. The van der Waals surface area contributed by atoms with Gasteiger partial charge in [-0.2, -0.15) is 0 Å². The molecule has 3 N–H and O–H groups in total. The lowest BCUT2D eigenvalue weighted by atomic mass is 10.2. The quantitative estimate of drug-likeness (QED) is 0.706. The van der Waals surface area contributed by atoms with E-state index < -0.39 is 30.6 Å². The predicted molar refractivity (Wildman–Crippen MR) is 67.4 cm³/mol. The predicted octanol–water partition coefficient (Wildman–Crippen LogP) is -0.183. The number of benzene rings is 1. The number of amides is 1. The zero-order chi connectivity index (χ0) is 14.7. The summed E-state index contributed by atoms with van der Waals surface area (Å²) in [4.78, 5) is 24.0. The van der Waals surface area contributed by atoms with Crippen molar-refractivity contribution in [2.24, 2.45) is 0 Å². The van der Waals surface area contributed by atoms with Gasteiger partial charge in [0.05, 0.1) is 6.10 Å². The van der Waals surface area contributed by atoms with Gasteiger partial charge < -0.3 is 25.0 Å². The Morgan fingerprint density at radius 1 is 1.35 bits per heavy atom. The van der Waals surface area contributed by atoms with E-state index >= 15 is 0 Å². The van der Waals surface area contributed by atoms with E-state index in [0.717, 1.165) is 4.90 Å². The van der Waals surface area contributed by atoms with Gasteiger partial charge in [0.25, 0.3) is 5.91 Å². The Morgan fingerprint density at radius 3 is 2.70 bits per heavy atom. The van der Waals surface area contributed by atoms with Gasteiger partial charge in [-0.1, -0.05) is 12.1 Å². The van der Waals surface area contributed by atoms with Gasteiger partial charge in [0, 0.05) is 13.0 Å². The monoisotopic (exact) mass is 281 g/mol. The number of aliphatic hydroxyl groups is 1. The number of β-amino-alcohol motifs (C(OH)–C–C–N with tert-alkyl or cyclic N) is 1. The molecular weight excluding hydrogens is 266 g/mol. The summed E-state index contributed by atoms with van der Waals surface area (Å²) in [7, 11) is 0. The van der Waals surface area contributed by atoms with Crippen LogP contribution in [0.3, 0.4) is 0 Å². The van der Waals surface area contributed by atoms with Gasteiger partial charge in [-0.05, 0) is 12.1 Å². The zero-order valence-electron chi connectivity index (χ0n) is 10.6. The van der Waals surface area contributed by atoms with Gasteiger partial charge in [0.1, 0.15) is 6.04 Å². The maximum atomic E-state index is 11.9. The Morgan fingerprint density at radius 2 is 2.05 bits per heavy atom. The van der Waals surface area contributed by atoms with Gasteiger partial charge in [0.2, 0.25) is 0 Å². The minimum Gasteiger partial charge on any atom is -0.504 e. The molecule has 1 aliphatic heterocycles. The summed E-state index contributed by atoms with van der Waals surface area (Å²) in [6.45, 7) is -0.423. The molecular formula is C13H15NO6. The molecule has 1 amide bonds. The van der Waals surface area contributed by atoms with Crippen molar-refractivity contribution in [1.29, 1.82) is 0 Å². The number of carbonyl (C=O) groups is 2. The molecule has 0 saturated carbocycles. The Labute approximate surface area is 115 Å². The summed E-state index contributed by atoms with van der Waals surface area (Å²) < 4.78 is 5.16. The Bertz CT molecular complexity index is 517. The molecule has 0 spiro atoms. The first kappa shape index (κ1) is 14.1. The molecule has 108 valence electrons. The van der Waals surface area contributed by atoms with Gasteiger partial charge in [-0.3, -0.25) is 4.79 Å². The van der Waals surface area contributed by atoms with E-state index in [-0.39, 0.29) is 24.5 Å². The van der Waals surface area contributed by atoms with E-state index in [9.17, 15) is 19.8 Å². The highest BCUT2D eigenvalue weighted by Gasteiger charge is 2.38. The van der Waals surface area contributed by atoms with Gasteiger partial charge in [0.15, 0.2) is 18.1 Å². The summed E-state index contributed by atoms with van der Waals surface area (Å²) in [6, 6.07) is 5.13. The topological polar surface area (TPSA) is 107 Å².